The molecule has 172 valence electrons. The number of nitrogens with zero attached hydrogens (tertiary/aromatic N) is 1. The van der Waals surface area contributed by atoms with Gasteiger partial charge in [0.2, 0.25) is 0 Å². The number of benzene rings is 2. The summed E-state index contributed by atoms with van der Waals surface area (Å²) in [5.41, 5.74) is 3.48. The van der Waals surface area contributed by atoms with Gasteiger partial charge in [-0.05, 0) is 47.9 Å². The second-order valence-electron chi connectivity index (χ2n) is 8.52. The van der Waals surface area contributed by atoms with Gasteiger partial charge in [-0.3, -0.25) is 4.90 Å². The van der Waals surface area contributed by atoms with Crippen LogP contribution in [-0.4, -0.2) is 43.4 Å². The SMILES string of the molecule is CCCCCNC(=O)N(C)c1cc(-c2ccccc2)ccc1C[C@H](OCC1CC1)C(=O)O. The quantitative estimate of drug-likeness (QED) is 0.451. The lowest BCUT2D eigenvalue weighted by Crippen LogP contribution is -2.38. The van der Waals surface area contributed by atoms with E-state index in [1.165, 1.54) is 0 Å². The van der Waals surface area contributed by atoms with Gasteiger partial charge in [-0.2, -0.15) is 0 Å². The van der Waals surface area contributed by atoms with Crippen molar-refractivity contribution in [2.45, 2.75) is 51.6 Å². The number of rotatable bonds is 12. The zero-order valence-electron chi connectivity index (χ0n) is 19.0. The molecular weight excluding hydrogens is 404 g/mol. The number of urea groups is 1. The van der Waals surface area contributed by atoms with Gasteiger partial charge in [0, 0.05) is 25.7 Å². The predicted octanol–water partition coefficient (Wildman–Crippen LogP) is 5.11. The number of anilines is 1. The number of unbranched alkanes of at least 4 members (excludes halogenated alkanes) is 2. The third-order valence-electron chi connectivity index (χ3n) is 5.83. The van der Waals surface area contributed by atoms with Crippen LogP contribution in [0.15, 0.2) is 48.5 Å². The molecule has 1 aliphatic carbocycles. The van der Waals surface area contributed by atoms with Crippen LogP contribution in [0.5, 0.6) is 0 Å². The molecule has 2 N–H and O–H groups in total. The molecule has 1 aliphatic rings. The van der Waals surface area contributed by atoms with Crippen LogP contribution in [0.2, 0.25) is 0 Å². The Labute approximate surface area is 190 Å². The topological polar surface area (TPSA) is 78.9 Å². The van der Waals surface area contributed by atoms with Crippen LogP contribution < -0.4 is 10.2 Å². The molecule has 0 heterocycles. The van der Waals surface area contributed by atoms with E-state index in [0.717, 1.165) is 48.8 Å². The number of carboxylic acid groups (broad SMARTS) is 1. The summed E-state index contributed by atoms with van der Waals surface area (Å²) < 4.78 is 5.71. The number of hydrogen-bond donors (Lipinski definition) is 2. The Morgan fingerprint density at radius 2 is 1.88 bits per heavy atom. The number of hydrogen-bond acceptors (Lipinski definition) is 3. The van der Waals surface area contributed by atoms with Gasteiger partial charge in [0.1, 0.15) is 0 Å². The predicted molar refractivity (Wildman–Crippen MR) is 127 cm³/mol. The molecule has 2 amide bonds. The molecule has 0 aliphatic heterocycles. The van der Waals surface area contributed by atoms with Gasteiger partial charge in [0.15, 0.2) is 6.10 Å². The Morgan fingerprint density at radius 1 is 1.12 bits per heavy atom. The highest BCUT2D eigenvalue weighted by atomic mass is 16.5. The molecule has 32 heavy (non-hydrogen) atoms. The average molecular weight is 439 g/mol. The first-order valence-electron chi connectivity index (χ1n) is 11.5. The van der Waals surface area contributed by atoms with Gasteiger partial charge in [0.05, 0.1) is 6.61 Å². The average Bonchev–Trinajstić information content (AvgIpc) is 3.64. The van der Waals surface area contributed by atoms with Gasteiger partial charge < -0.3 is 15.2 Å². The summed E-state index contributed by atoms with van der Waals surface area (Å²) in [6.45, 7) is 3.22. The molecule has 0 aromatic heterocycles. The van der Waals surface area contributed by atoms with Crippen molar-refractivity contribution in [1.82, 2.24) is 5.32 Å². The van der Waals surface area contributed by atoms with E-state index < -0.39 is 12.1 Å². The summed E-state index contributed by atoms with van der Waals surface area (Å²) in [7, 11) is 1.73. The van der Waals surface area contributed by atoms with Gasteiger partial charge in [0.25, 0.3) is 0 Å². The van der Waals surface area contributed by atoms with Crippen molar-refractivity contribution in [2.75, 3.05) is 25.1 Å². The lowest BCUT2D eigenvalue weighted by molar-refractivity contribution is -0.150. The molecule has 6 nitrogen and oxygen atoms in total. The maximum absolute atomic E-state index is 12.8. The van der Waals surface area contributed by atoms with Crippen molar-refractivity contribution in [3.05, 3.63) is 54.1 Å². The van der Waals surface area contributed by atoms with Crippen molar-refractivity contribution < 1.29 is 19.4 Å². The largest absolute Gasteiger partial charge is 0.479 e. The molecule has 3 rings (SSSR count). The molecule has 1 saturated carbocycles. The molecule has 2 aromatic rings. The smallest absolute Gasteiger partial charge is 0.333 e. The van der Waals surface area contributed by atoms with Crippen molar-refractivity contribution in [2.24, 2.45) is 5.92 Å². The first-order valence-corrected chi connectivity index (χ1v) is 11.5. The van der Waals surface area contributed by atoms with Crippen LogP contribution in [0.3, 0.4) is 0 Å². The van der Waals surface area contributed by atoms with Crippen molar-refractivity contribution in [3.8, 4) is 11.1 Å². The molecule has 6 heteroatoms. The molecular formula is C26H34N2O4. The zero-order valence-corrected chi connectivity index (χ0v) is 19.0. The molecule has 0 saturated heterocycles. The molecule has 0 unspecified atom stereocenters. The third kappa shape index (κ3) is 6.82. The van der Waals surface area contributed by atoms with E-state index in [4.69, 9.17) is 4.74 Å². The second kappa shape index (κ2) is 11.7. The van der Waals surface area contributed by atoms with Crippen molar-refractivity contribution >= 4 is 17.7 Å². The highest BCUT2D eigenvalue weighted by Gasteiger charge is 2.27. The van der Waals surface area contributed by atoms with E-state index in [9.17, 15) is 14.7 Å². The standard InChI is InChI=1S/C26H34N2O4/c1-3-4-8-15-27-26(31)28(2)23-16-21(20-9-6-5-7-10-20)13-14-22(23)17-24(25(29)30)32-18-19-11-12-19/h5-7,9-10,13-14,16,19,24H,3-4,8,11-12,15,17-18H2,1-2H3,(H,27,31)(H,29,30)/t24-/m0/s1. The van der Waals surface area contributed by atoms with Crippen LogP contribution in [0.4, 0.5) is 10.5 Å². The van der Waals surface area contributed by atoms with Crippen LogP contribution in [0.1, 0.15) is 44.6 Å². The van der Waals surface area contributed by atoms with E-state index in [-0.39, 0.29) is 12.5 Å². The highest BCUT2D eigenvalue weighted by Crippen LogP contribution is 2.31. The Kier molecular flexibility index (Phi) is 8.68. The molecule has 0 spiro atoms. The number of aliphatic carboxylic acids is 1. The maximum atomic E-state index is 12.8. The van der Waals surface area contributed by atoms with E-state index in [2.05, 4.69) is 12.2 Å². The van der Waals surface area contributed by atoms with Crippen LogP contribution in [0, 0.1) is 5.92 Å². The molecule has 2 aromatic carbocycles. The van der Waals surface area contributed by atoms with E-state index in [1.54, 1.807) is 11.9 Å². The zero-order chi connectivity index (χ0) is 22.9. The fourth-order valence-corrected chi connectivity index (χ4v) is 3.61. The molecule has 0 bridgehead atoms. The molecule has 1 fully saturated rings. The highest BCUT2D eigenvalue weighted by molar-refractivity contribution is 5.93. The van der Waals surface area contributed by atoms with Gasteiger partial charge in [-0.1, -0.05) is 62.2 Å². The summed E-state index contributed by atoms with van der Waals surface area (Å²) in [6.07, 6.45) is 4.57. The van der Waals surface area contributed by atoms with Gasteiger partial charge in [-0.15, -0.1) is 0 Å². The summed E-state index contributed by atoms with van der Waals surface area (Å²) in [5.74, 6) is -0.497. The minimum atomic E-state index is -0.976. The van der Waals surface area contributed by atoms with Crippen LogP contribution >= 0.6 is 0 Å². The van der Waals surface area contributed by atoms with Crippen LogP contribution in [-0.2, 0) is 16.0 Å². The number of amides is 2. The third-order valence-corrected chi connectivity index (χ3v) is 5.83. The fourth-order valence-electron chi connectivity index (χ4n) is 3.61. The van der Waals surface area contributed by atoms with E-state index in [0.29, 0.717) is 24.8 Å². The Hall–Kier alpha value is -2.86. The number of ether oxygens (including phenoxy) is 1. The van der Waals surface area contributed by atoms with E-state index in [1.807, 2.05) is 48.5 Å². The lowest BCUT2D eigenvalue weighted by atomic mass is 9.98. The normalized spacial score (nSPS) is 14.1. The number of nitrogens with one attached hydrogen (secondary N) is 1. The number of carbonyl (C=O) groups is 2. The monoisotopic (exact) mass is 438 g/mol. The van der Waals surface area contributed by atoms with Crippen LogP contribution in [0.25, 0.3) is 11.1 Å². The second-order valence-corrected chi connectivity index (χ2v) is 8.52. The minimum absolute atomic E-state index is 0.196. The fraction of sp³-hybridized carbons (Fsp3) is 0.462. The van der Waals surface area contributed by atoms with E-state index >= 15 is 0 Å². The Bertz CT molecular complexity index is 896. The van der Waals surface area contributed by atoms with Crippen molar-refractivity contribution in [3.63, 3.8) is 0 Å². The molecule has 1 atom stereocenters. The minimum Gasteiger partial charge on any atom is -0.479 e. The summed E-state index contributed by atoms with van der Waals surface area (Å²) >= 11 is 0. The number of carboxylic acids is 1. The van der Waals surface area contributed by atoms with Gasteiger partial charge >= 0.3 is 12.0 Å². The maximum Gasteiger partial charge on any atom is 0.333 e. The summed E-state index contributed by atoms with van der Waals surface area (Å²) in [6, 6.07) is 15.6. The lowest BCUT2D eigenvalue weighted by Gasteiger charge is -2.24. The first-order chi connectivity index (χ1) is 15.5. The first kappa shape index (κ1) is 23.8. The molecule has 0 radical (unpaired) electrons. The Morgan fingerprint density at radius 3 is 2.53 bits per heavy atom. The summed E-state index contributed by atoms with van der Waals surface area (Å²) in [4.78, 5) is 26.2. The number of carbonyl (C=O) groups excluding carboxylic acids is 1. The summed E-state index contributed by atoms with van der Waals surface area (Å²) in [5, 5.41) is 12.7. The Balaban J connectivity index is 1.83. The van der Waals surface area contributed by atoms with Crippen molar-refractivity contribution in [1.29, 1.82) is 0 Å². The van der Waals surface area contributed by atoms with Gasteiger partial charge in [-0.25, -0.2) is 9.59 Å².